The fourth-order valence-electron chi connectivity index (χ4n) is 1.90. The number of thiazole rings is 1. The summed E-state index contributed by atoms with van der Waals surface area (Å²) in [7, 11) is 0. The molecule has 1 aromatic heterocycles. The number of H-pyrrole nitrogens is 1. The van der Waals surface area contributed by atoms with E-state index < -0.39 is 0 Å². The summed E-state index contributed by atoms with van der Waals surface area (Å²) < 4.78 is 0. The number of aromatic nitrogens is 1. The van der Waals surface area contributed by atoms with Gasteiger partial charge in [-0.3, -0.25) is 9.78 Å². The summed E-state index contributed by atoms with van der Waals surface area (Å²) >= 11 is 0.989. The molecule has 3 rings (SSSR count). The number of hydrogen-bond acceptors (Lipinski definition) is 4. The maximum atomic E-state index is 11.2. The number of rotatable bonds is 1. The SMILES string of the molecule is CC(=C1C=c2ccccc2=N1)c1sc(=O)[nH]c1O. The molecule has 0 bridgehead atoms. The predicted molar refractivity (Wildman–Crippen MR) is 70.9 cm³/mol. The van der Waals surface area contributed by atoms with Crippen LogP contribution in [0, 0.1) is 0 Å². The van der Waals surface area contributed by atoms with Crippen molar-refractivity contribution >= 4 is 23.0 Å². The third kappa shape index (κ3) is 1.69. The monoisotopic (exact) mass is 258 g/mol. The van der Waals surface area contributed by atoms with Crippen LogP contribution in [-0.2, 0) is 0 Å². The summed E-state index contributed by atoms with van der Waals surface area (Å²) in [5.74, 6) is -0.0884. The number of hydrogen-bond donors (Lipinski definition) is 2. The molecule has 1 aromatic carbocycles. The molecule has 1 aliphatic heterocycles. The van der Waals surface area contributed by atoms with Crippen molar-refractivity contribution < 1.29 is 5.11 Å². The fourth-order valence-corrected chi connectivity index (χ4v) is 2.64. The van der Waals surface area contributed by atoms with Crippen molar-refractivity contribution in [2.45, 2.75) is 6.92 Å². The molecule has 2 heterocycles. The van der Waals surface area contributed by atoms with Crippen LogP contribution in [-0.4, -0.2) is 10.1 Å². The molecule has 5 heteroatoms. The third-order valence-corrected chi connectivity index (χ3v) is 3.82. The first kappa shape index (κ1) is 11.0. The summed E-state index contributed by atoms with van der Waals surface area (Å²) in [5, 5.41) is 11.6. The average Bonchev–Trinajstić information content (AvgIpc) is 2.91. The van der Waals surface area contributed by atoms with E-state index in [1.807, 2.05) is 37.3 Å². The summed E-state index contributed by atoms with van der Waals surface area (Å²) in [5.41, 5.74) is 1.58. The van der Waals surface area contributed by atoms with E-state index >= 15 is 0 Å². The summed E-state index contributed by atoms with van der Waals surface area (Å²) in [6.07, 6.45) is 1.95. The number of fused-ring (bicyclic) bond motifs is 1. The molecule has 0 saturated heterocycles. The zero-order chi connectivity index (χ0) is 12.7. The Hall–Kier alpha value is -2.14. The Balaban J connectivity index is 2.22. The van der Waals surface area contributed by atoms with Crippen molar-refractivity contribution in [2.24, 2.45) is 4.99 Å². The van der Waals surface area contributed by atoms with E-state index in [4.69, 9.17) is 0 Å². The highest BCUT2D eigenvalue weighted by Crippen LogP contribution is 2.28. The lowest BCUT2D eigenvalue weighted by atomic mass is 10.2. The Morgan fingerprint density at radius 2 is 2.17 bits per heavy atom. The first-order valence-electron chi connectivity index (χ1n) is 5.44. The maximum Gasteiger partial charge on any atom is 0.307 e. The van der Waals surface area contributed by atoms with Crippen molar-refractivity contribution in [1.29, 1.82) is 0 Å². The van der Waals surface area contributed by atoms with Crippen molar-refractivity contribution in [3.63, 3.8) is 0 Å². The van der Waals surface area contributed by atoms with Gasteiger partial charge in [0, 0.05) is 5.22 Å². The zero-order valence-corrected chi connectivity index (χ0v) is 10.4. The molecule has 0 radical (unpaired) electrons. The van der Waals surface area contributed by atoms with E-state index in [9.17, 15) is 9.90 Å². The molecule has 2 aromatic rings. The number of nitrogens with one attached hydrogen (secondary N) is 1. The zero-order valence-electron chi connectivity index (χ0n) is 9.60. The second-order valence-corrected chi connectivity index (χ2v) is 5.00. The van der Waals surface area contributed by atoms with Gasteiger partial charge in [0.15, 0.2) is 0 Å². The minimum Gasteiger partial charge on any atom is -0.493 e. The second-order valence-electron chi connectivity index (χ2n) is 4.02. The van der Waals surface area contributed by atoms with Crippen LogP contribution in [0.3, 0.4) is 0 Å². The van der Waals surface area contributed by atoms with Gasteiger partial charge in [0.2, 0.25) is 5.88 Å². The maximum absolute atomic E-state index is 11.2. The molecule has 1 aliphatic rings. The van der Waals surface area contributed by atoms with Gasteiger partial charge in [-0.05, 0) is 24.6 Å². The van der Waals surface area contributed by atoms with Crippen LogP contribution in [0.1, 0.15) is 11.8 Å². The van der Waals surface area contributed by atoms with E-state index in [1.54, 1.807) is 0 Å². The normalized spacial score (nSPS) is 15.8. The topological polar surface area (TPSA) is 65.5 Å². The van der Waals surface area contributed by atoms with Crippen LogP contribution in [0.2, 0.25) is 0 Å². The molecule has 0 atom stereocenters. The summed E-state index contributed by atoms with van der Waals surface area (Å²) in [6, 6.07) is 7.81. The molecule has 0 saturated carbocycles. The van der Waals surface area contributed by atoms with Crippen molar-refractivity contribution in [1.82, 2.24) is 4.98 Å². The van der Waals surface area contributed by atoms with Gasteiger partial charge in [-0.1, -0.05) is 29.5 Å². The number of aromatic hydroxyl groups is 1. The first-order valence-corrected chi connectivity index (χ1v) is 6.25. The summed E-state index contributed by atoms with van der Waals surface area (Å²) in [6.45, 7) is 1.85. The van der Waals surface area contributed by atoms with Crippen molar-refractivity contribution in [3.05, 3.63) is 55.1 Å². The highest BCUT2D eigenvalue weighted by molar-refractivity contribution is 7.10. The summed E-state index contributed by atoms with van der Waals surface area (Å²) in [4.78, 5) is 18.3. The Bertz CT molecular complexity index is 790. The highest BCUT2D eigenvalue weighted by atomic mass is 32.1. The number of aromatic amines is 1. The lowest BCUT2D eigenvalue weighted by Crippen LogP contribution is -2.19. The number of allylic oxidation sites excluding steroid dienone is 2. The van der Waals surface area contributed by atoms with Gasteiger partial charge in [-0.25, -0.2) is 4.99 Å². The largest absolute Gasteiger partial charge is 0.493 e. The number of benzene rings is 1. The van der Waals surface area contributed by atoms with E-state index in [-0.39, 0.29) is 10.8 Å². The standard InChI is InChI=1S/C13H10N2O2S/c1-7(11-12(16)15-13(17)18-11)10-6-8-4-2-3-5-9(8)14-10/h2-6,16H,1H3,(H,15,17). The van der Waals surface area contributed by atoms with E-state index in [2.05, 4.69) is 9.98 Å². The molecule has 90 valence electrons. The molecular formula is C13H10N2O2S. The number of nitrogens with zero attached hydrogens (tertiary/aromatic N) is 1. The Morgan fingerprint density at radius 3 is 2.83 bits per heavy atom. The first-order chi connectivity index (χ1) is 8.65. The van der Waals surface area contributed by atoms with E-state index in [0.29, 0.717) is 4.88 Å². The van der Waals surface area contributed by atoms with Gasteiger partial charge in [0.25, 0.3) is 0 Å². The average molecular weight is 258 g/mol. The van der Waals surface area contributed by atoms with Crippen LogP contribution in [0.15, 0.2) is 39.7 Å². The third-order valence-electron chi connectivity index (χ3n) is 2.82. The van der Waals surface area contributed by atoms with Gasteiger partial charge in [-0.15, -0.1) is 0 Å². The minimum atomic E-state index is -0.266. The van der Waals surface area contributed by atoms with Crippen LogP contribution < -0.4 is 15.4 Å². The lowest BCUT2D eigenvalue weighted by Gasteiger charge is -1.99. The predicted octanol–water partition coefficient (Wildman–Crippen LogP) is 0.987. The second kappa shape index (κ2) is 3.96. The smallest absolute Gasteiger partial charge is 0.307 e. The highest BCUT2D eigenvalue weighted by Gasteiger charge is 2.13. The Labute approximate surface area is 106 Å². The number of para-hydroxylation sites is 1. The van der Waals surface area contributed by atoms with Crippen LogP contribution >= 0.6 is 11.3 Å². The molecule has 4 nitrogen and oxygen atoms in total. The van der Waals surface area contributed by atoms with Crippen molar-refractivity contribution in [2.75, 3.05) is 0 Å². The van der Waals surface area contributed by atoms with E-state index in [1.165, 1.54) is 0 Å². The van der Waals surface area contributed by atoms with Gasteiger partial charge < -0.3 is 5.11 Å². The molecule has 0 spiro atoms. The molecule has 0 unspecified atom stereocenters. The van der Waals surface area contributed by atoms with E-state index in [0.717, 1.165) is 33.2 Å². The molecule has 0 aliphatic carbocycles. The molecule has 0 amide bonds. The molecule has 2 N–H and O–H groups in total. The van der Waals surface area contributed by atoms with Crippen LogP contribution in [0.5, 0.6) is 5.88 Å². The quantitative estimate of drug-likeness (QED) is 0.801. The van der Waals surface area contributed by atoms with Crippen LogP contribution in [0.25, 0.3) is 11.6 Å². The van der Waals surface area contributed by atoms with Crippen molar-refractivity contribution in [3.8, 4) is 5.88 Å². The van der Waals surface area contributed by atoms with Gasteiger partial charge >= 0.3 is 4.87 Å². The molecule has 0 fully saturated rings. The Morgan fingerprint density at radius 1 is 1.39 bits per heavy atom. The van der Waals surface area contributed by atoms with Crippen LogP contribution in [0.4, 0.5) is 0 Å². The van der Waals surface area contributed by atoms with Gasteiger partial charge in [-0.2, -0.15) is 0 Å². The minimum absolute atomic E-state index is 0.0884. The lowest BCUT2D eigenvalue weighted by molar-refractivity contribution is 0.454. The van der Waals surface area contributed by atoms with Gasteiger partial charge in [0.1, 0.15) is 0 Å². The molecule has 18 heavy (non-hydrogen) atoms. The fraction of sp³-hybridized carbons (Fsp3) is 0.0769. The molecular weight excluding hydrogens is 248 g/mol. The van der Waals surface area contributed by atoms with Gasteiger partial charge in [0.05, 0.1) is 15.9 Å². The Kier molecular flexibility index (Phi) is 2.41.